The van der Waals surface area contributed by atoms with E-state index in [1.165, 1.54) is 10.9 Å². The molecule has 0 amide bonds. The Morgan fingerprint density at radius 1 is 1.13 bits per heavy atom. The minimum absolute atomic E-state index is 0.235. The Kier molecular flexibility index (Phi) is 5.71. The van der Waals surface area contributed by atoms with Crippen molar-refractivity contribution >= 4 is 32.5 Å². The molecule has 31 heavy (non-hydrogen) atoms. The van der Waals surface area contributed by atoms with Crippen LogP contribution in [0.3, 0.4) is 0 Å². The number of nitrogens with zero attached hydrogens (tertiary/aromatic N) is 1. The van der Waals surface area contributed by atoms with Gasteiger partial charge in [0.05, 0.1) is 0 Å². The first kappa shape index (κ1) is 19.8. The Labute approximate surface area is 183 Å². The van der Waals surface area contributed by atoms with E-state index in [-0.39, 0.29) is 6.61 Å². The van der Waals surface area contributed by atoms with Crippen LogP contribution in [-0.4, -0.2) is 41.0 Å². The lowest BCUT2D eigenvalue weighted by Crippen LogP contribution is -2.32. The molecule has 1 atom stereocenters. The predicted molar refractivity (Wildman–Crippen MR) is 124 cm³/mol. The van der Waals surface area contributed by atoms with Crippen molar-refractivity contribution in [3.8, 4) is 17.0 Å². The van der Waals surface area contributed by atoms with Gasteiger partial charge in [-0.3, -0.25) is 0 Å². The summed E-state index contributed by atoms with van der Waals surface area (Å²) in [5, 5.41) is 20.9. The summed E-state index contributed by atoms with van der Waals surface area (Å²) in [6.45, 7) is 1.51. The highest BCUT2D eigenvalue weighted by molar-refractivity contribution is 7.17. The van der Waals surface area contributed by atoms with Crippen molar-refractivity contribution < 1.29 is 14.4 Å². The third-order valence-corrected chi connectivity index (χ3v) is 6.18. The smallest absolute Gasteiger partial charge is 0.178 e. The van der Waals surface area contributed by atoms with Crippen molar-refractivity contribution in [3.63, 3.8) is 0 Å². The third-order valence-electron chi connectivity index (χ3n) is 5.28. The van der Waals surface area contributed by atoms with E-state index in [0.717, 1.165) is 40.0 Å². The number of para-hydroxylation sites is 1. The van der Waals surface area contributed by atoms with Crippen LogP contribution in [0.1, 0.15) is 5.56 Å². The summed E-state index contributed by atoms with van der Waals surface area (Å²) < 4.78 is 12.1. The van der Waals surface area contributed by atoms with E-state index in [0.29, 0.717) is 12.3 Å². The van der Waals surface area contributed by atoms with Crippen LogP contribution in [0.15, 0.2) is 70.7 Å². The number of rotatable bonds is 9. The Morgan fingerprint density at radius 2 is 2.00 bits per heavy atom. The topological polar surface area (TPSA) is 83.3 Å². The number of aromatic nitrogens is 2. The van der Waals surface area contributed by atoms with E-state index >= 15 is 0 Å². The highest BCUT2D eigenvalue weighted by atomic mass is 32.1. The molecule has 0 spiro atoms. The van der Waals surface area contributed by atoms with Gasteiger partial charge in [-0.1, -0.05) is 23.4 Å². The molecule has 0 bridgehead atoms. The number of aliphatic hydroxyl groups is 1. The summed E-state index contributed by atoms with van der Waals surface area (Å²) >= 11 is 1.61. The van der Waals surface area contributed by atoms with Crippen LogP contribution in [0.5, 0.6) is 5.75 Å². The van der Waals surface area contributed by atoms with E-state index in [4.69, 9.17) is 9.26 Å². The quantitative estimate of drug-likeness (QED) is 0.296. The monoisotopic (exact) mass is 433 g/mol. The maximum atomic E-state index is 10.2. The fourth-order valence-corrected chi connectivity index (χ4v) is 4.47. The summed E-state index contributed by atoms with van der Waals surface area (Å²) in [4.78, 5) is 3.29. The third kappa shape index (κ3) is 4.34. The molecular formula is C24H23N3O3S. The molecule has 7 heteroatoms. The van der Waals surface area contributed by atoms with Crippen LogP contribution in [0, 0.1) is 0 Å². The summed E-state index contributed by atoms with van der Waals surface area (Å²) in [7, 11) is 0. The number of aliphatic hydroxyl groups excluding tert-OH is 1. The molecule has 158 valence electrons. The summed E-state index contributed by atoms with van der Waals surface area (Å²) in [5.41, 5.74) is 5.06. The number of hydrogen-bond donors (Lipinski definition) is 3. The maximum Gasteiger partial charge on any atom is 0.178 e. The SMILES string of the molecule is OC(CNCCc1c[nH]c2ccccc12)COc1ccc(-c2noc3ccsc23)cc1. The minimum Gasteiger partial charge on any atom is -0.491 e. The molecule has 5 aromatic rings. The molecule has 1 unspecified atom stereocenters. The number of benzene rings is 2. The van der Waals surface area contributed by atoms with Crippen molar-refractivity contribution in [1.82, 2.24) is 15.5 Å². The fraction of sp³-hybridized carbons (Fsp3) is 0.208. The lowest BCUT2D eigenvalue weighted by Gasteiger charge is -2.13. The molecule has 3 aromatic heterocycles. The molecule has 0 aliphatic rings. The van der Waals surface area contributed by atoms with Gasteiger partial charge in [0.25, 0.3) is 0 Å². The fourth-order valence-electron chi connectivity index (χ4n) is 3.65. The van der Waals surface area contributed by atoms with Crippen molar-refractivity contribution in [2.75, 3.05) is 19.7 Å². The number of H-pyrrole nitrogens is 1. The Bertz CT molecular complexity index is 1270. The normalized spacial score (nSPS) is 12.5. The second kappa shape index (κ2) is 8.93. The molecule has 0 aliphatic carbocycles. The van der Waals surface area contributed by atoms with Crippen molar-refractivity contribution in [2.45, 2.75) is 12.5 Å². The summed E-state index contributed by atoms with van der Waals surface area (Å²) in [6.07, 6.45) is 2.38. The van der Waals surface area contributed by atoms with Crippen molar-refractivity contribution in [3.05, 3.63) is 71.7 Å². The Balaban J connectivity index is 1.07. The van der Waals surface area contributed by atoms with Crippen molar-refractivity contribution in [2.24, 2.45) is 0 Å². The van der Waals surface area contributed by atoms with Crippen LogP contribution in [0.2, 0.25) is 0 Å². The van der Waals surface area contributed by atoms with Gasteiger partial charge in [0.2, 0.25) is 0 Å². The average molecular weight is 434 g/mol. The molecule has 5 rings (SSSR count). The van der Waals surface area contributed by atoms with E-state index in [9.17, 15) is 5.11 Å². The van der Waals surface area contributed by atoms with Crippen LogP contribution < -0.4 is 10.1 Å². The molecule has 6 nitrogen and oxygen atoms in total. The highest BCUT2D eigenvalue weighted by Gasteiger charge is 2.12. The van der Waals surface area contributed by atoms with E-state index in [2.05, 4.69) is 39.9 Å². The van der Waals surface area contributed by atoms with Crippen LogP contribution >= 0.6 is 11.3 Å². The number of aromatic amines is 1. The van der Waals surface area contributed by atoms with Crippen LogP contribution in [0.4, 0.5) is 0 Å². The first-order valence-corrected chi connectivity index (χ1v) is 11.2. The predicted octanol–water partition coefficient (Wildman–Crippen LogP) is 4.61. The van der Waals surface area contributed by atoms with Crippen LogP contribution in [-0.2, 0) is 6.42 Å². The first-order chi connectivity index (χ1) is 15.3. The molecule has 0 fully saturated rings. The summed E-state index contributed by atoms with van der Waals surface area (Å²) in [5.74, 6) is 0.715. The second-order valence-electron chi connectivity index (χ2n) is 7.45. The molecule has 3 heterocycles. The molecule has 2 aromatic carbocycles. The largest absolute Gasteiger partial charge is 0.491 e. The minimum atomic E-state index is -0.580. The molecule has 3 N–H and O–H groups in total. The van der Waals surface area contributed by atoms with Crippen LogP contribution in [0.25, 0.3) is 32.4 Å². The lowest BCUT2D eigenvalue weighted by molar-refractivity contribution is 0.106. The Hall–Kier alpha value is -3.13. The number of ether oxygens (including phenoxy) is 1. The van der Waals surface area contributed by atoms with Gasteiger partial charge >= 0.3 is 0 Å². The molecule has 0 radical (unpaired) electrons. The van der Waals surface area contributed by atoms with Gasteiger partial charge in [-0.25, -0.2) is 0 Å². The molecule has 0 aliphatic heterocycles. The number of thiophene rings is 1. The van der Waals surface area contributed by atoms with Gasteiger partial charge in [-0.05, 0) is 60.3 Å². The zero-order valence-electron chi connectivity index (χ0n) is 16.9. The average Bonchev–Trinajstić information content (AvgIpc) is 3.52. The van der Waals surface area contributed by atoms with E-state index in [1.807, 2.05) is 41.8 Å². The lowest BCUT2D eigenvalue weighted by atomic mass is 10.1. The van der Waals surface area contributed by atoms with Gasteiger partial charge in [0.15, 0.2) is 5.58 Å². The first-order valence-electron chi connectivity index (χ1n) is 10.3. The van der Waals surface area contributed by atoms with E-state index < -0.39 is 6.10 Å². The molecule has 0 saturated carbocycles. The number of nitrogens with one attached hydrogen (secondary N) is 2. The number of hydrogen-bond acceptors (Lipinski definition) is 6. The molecule has 0 saturated heterocycles. The van der Waals surface area contributed by atoms with Gasteiger partial charge in [-0.15, -0.1) is 11.3 Å². The standard InChI is InChI=1S/C24H23N3O3S/c28-18(14-25-11-9-17-13-26-21-4-2-1-3-20(17)21)15-29-19-7-5-16(6-8-19)23-24-22(30-27-23)10-12-31-24/h1-8,10,12-13,18,25-26,28H,9,11,14-15H2. The Morgan fingerprint density at radius 3 is 2.90 bits per heavy atom. The van der Waals surface area contributed by atoms with E-state index in [1.54, 1.807) is 11.3 Å². The summed E-state index contributed by atoms with van der Waals surface area (Å²) in [6, 6.07) is 17.9. The second-order valence-corrected chi connectivity index (χ2v) is 8.36. The zero-order valence-corrected chi connectivity index (χ0v) is 17.7. The van der Waals surface area contributed by atoms with Gasteiger partial charge < -0.3 is 24.7 Å². The maximum absolute atomic E-state index is 10.2. The zero-order chi connectivity index (χ0) is 21.0. The molecular weight excluding hydrogens is 410 g/mol. The highest BCUT2D eigenvalue weighted by Crippen LogP contribution is 2.32. The van der Waals surface area contributed by atoms with Crippen molar-refractivity contribution in [1.29, 1.82) is 0 Å². The van der Waals surface area contributed by atoms with Gasteiger partial charge in [0.1, 0.15) is 28.9 Å². The van der Waals surface area contributed by atoms with Gasteiger partial charge in [0, 0.05) is 29.2 Å². The number of fused-ring (bicyclic) bond motifs is 2. The van der Waals surface area contributed by atoms with Gasteiger partial charge in [-0.2, -0.15) is 0 Å².